The highest BCUT2D eigenvalue weighted by molar-refractivity contribution is 5.31. The SMILES string of the molecule is OC(CNCc1cnc(N2CCCC2)nc1)c1ccc(F)c(F)c1. The molecule has 2 heterocycles. The molecule has 2 N–H and O–H groups in total. The third-order valence-electron chi connectivity index (χ3n) is 4.08. The Morgan fingerprint density at radius 3 is 2.50 bits per heavy atom. The van der Waals surface area contributed by atoms with Crippen LogP contribution < -0.4 is 10.2 Å². The number of aromatic nitrogens is 2. The third kappa shape index (κ3) is 4.04. The maximum absolute atomic E-state index is 13.2. The zero-order chi connectivity index (χ0) is 16.9. The van der Waals surface area contributed by atoms with Gasteiger partial charge in [0, 0.05) is 44.1 Å². The second kappa shape index (κ2) is 7.63. The molecule has 1 unspecified atom stereocenters. The van der Waals surface area contributed by atoms with E-state index in [2.05, 4.69) is 20.2 Å². The predicted octanol–water partition coefficient (Wildman–Crippen LogP) is 2.18. The number of anilines is 1. The van der Waals surface area contributed by atoms with Crippen molar-refractivity contribution in [3.63, 3.8) is 0 Å². The number of aliphatic hydroxyl groups excluding tert-OH is 1. The summed E-state index contributed by atoms with van der Waals surface area (Å²) in [7, 11) is 0. The molecule has 5 nitrogen and oxygen atoms in total. The first-order valence-corrected chi connectivity index (χ1v) is 8.03. The van der Waals surface area contributed by atoms with Crippen molar-refractivity contribution in [1.82, 2.24) is 15.3 Å². The van der Waals surface area contributed by atoms with Gasteiger partial charge in [0.1, 0.15) is 0 Å². The Morgan fingerprint density at radius 1 is 1.12 bits per heavy atom. The summed E-state index contributed by atoms with van der Waals surface area (Å²) in [5.74, 6) is -1.13. The second-order valence-electron chi connectivity index (χ2n) is 5.91. The fourth-order valence-corrected chi connectivity index (χ4v) is 2.71. The van der Waals surface area contributed by atoms with Gasteiger partial charge in [-0.15, -0.1) is 0 Å². The van der Waals surface area contributed by atoms with Gasteiger partial charge >= 0.3 is 0 Å². The maximum Gasteiger partial charge on any atom is 0.225 e. The molecule has 1 saturated heterocycles. The standard InChI is InChI=1S/C17H20F2N4O/c18-14-4-3-13(7-15(14)19)16(24)11-20-8-12-9-21-17(22-10-12)23-5-1-2-6-23/h3-4,7,9-10,16,20,24H,1-2,5-6,8,11H2. The van der Waals surface area contributed by atoms with Gasteiger partial charge in [0.15, 0.2) is 11.6 Å². The predicted molar refractivity (Wildman–Crippen MR) is 86.5 cm³/mol. The van der Waals surface area contributed by atoms with Crippen molar-refractivity contribution in [1.29, 1.82) is 0 Å². The average molecular weight is 334 g/mol. The monoisotopic (exact) mass is 334 g/mol. The summed E-state index contributed by atoms with van der Waals surface area (Å²) in [5.41, 5.74) is 1.23. The molecule has 1 aromatic carbocycles. The molecular weight excluding hydrogens is 314 g/mol. The van der Waals surface area contributed by atoms with Crippen molar-refractivity contribution in [2.24, 2.45) is 0 Å². The Balaban J connectivity index is 1.49. The van der Waals surface area contributed by atoms with E-state index in [0.717, 1.165) is 36.7 Å². The topological polar surface area (TPSA) is 61.3 Å². The average Bonchev–Trinajstić information content (AvgIpc) is 3.12. The Kier molecular flexibility index (Phi) is 5.32. The number of hydrogen-bond donors (Lipinski definition) is 2. The molecule has 128 valence electrons. The molecule has 0 aliphatic carbocycles. The molecule has 3 rings (SSSR count). The molecule has 1 fully saturated rings. The maximum atomic E-state index is 13.2. The Morgan fingerprint density at radius 2 is 1.83 bits per heavy atom. The Hall–Kier alpha value is -2.12. The second-order valence-corrected chi connectivity index (χ2v) is 5.91. The van der Waals surface area contributed by atoms with Crippen LogP contribution in [0.3, 0.4) is 0 Å². The van der Waals surface area contributed by atoms with E-state index in [0.29, 0.717) is 12.1 Å². The summed E-state index contributed by atoms with van der Waals surface area (Å²) in [4.78, 5) is 10.9. The van der Waals surface area contributed by atoms with Crippen molar-refractivity contribution in [3.05, 3.63) is 53.4 Å². The molecule has 1 aromatic heterocycles. The first-order chi connectivity index (χ1) is 11.6. The highest BCUT2D eigenvalue weighted by atomic mass is 19.2. The van der Waals surface area contributed by atoms with Gasteiger partial charge in [0.05, 0.1) is 6.10 Å². The van der Waals surface area contributed by atoms with Crippen LogP contribution in [0.4, 0.5) is 14.7 Å². The molecule has 1 atom stereocenters. The number of nitrogens with one attached hydrogen (secondary N) is 1. The molecule has 1 aliphatic rings. The minimum Gasteiger partial charge on any atom is -0.387 e. The zero-order valence-corrected chi connectivity index (χ0v) is 13.3. The lowest BCUT2D eigenvalue weighted by Crippen LogP contribution is -2.22. The Labute approximate surface area is 139 Å². The first kappa shape index (κ1) is 16.7. The Bertz CT molecular complexity index is 675. The normalized spacial score (nSPS) is 15.7. The molecule has 0 radical (unpaired) electrons. The highest BCUT2D eigenvalue weighted by Crippen LogP contribution is 2.16. The van der Waals surface area contributed by atoms with Gasteiger partial charge < -0.3 is 15.3 Å². The number of nitrogens with zero attached hydrogens (tertiary/aromatic N) is 3. The van der Waals surface area contributed by atoms with E-state index >= 15 is 0 Å². The van der Waals surface area contributed by atoms with Crippen LogP contribution in [0.5, 0.6) is 0 Å². The summed E-state index contributed by atoms with van der Waals surface area (Å²) in [6.07, 6.45) is 4.96. The number of halogens is 2. The van der Waals surface area contributed by atoms with Crippen LogP contribution in [0.15, 0.2) is 30.6 Å². The van der Waals surface area contributed by atoms with Crippen LogP contribution in [0.2, 0.25) is 0 Å². The van der Waals surface area contributed by atoms with Crippen LogP contribution in [-0.4, -0.2) is 34.7 Å². The molecule has 24 heavy (non-hydrogen) atoms. The van der Waals surface area contributed by atoms with Crippen LogP contribution >= 0.6 is 0 Å². The van der Waals surface area contributed by atoms with Gasteiger partial charge in [0.2, 0.25) is 5.95 Å². The van der Waals surface area contributed by atoms with E-state index < -0.39 is 17.7 Å². The van der Waals surface area contributed by atoms with Crippen molar-refractivity contribution in [2.75, 3.05) is 24.5 Å². The molecule has 2 aromatic rings. The van der Waals surface area contributed by atoms with Crippen molar-refractivity contribution in [2.45, 2.75) is 25.5 Å². The summed E-state index contributed by atoms with van der Waals surface area (Å²) in [6.45, 7) is 2.70. The molecule has 0 amide bonds. The van der Waals surface area contributed by atoms with Crippen LogP contribution in [0.25, 0.3) is 0 Å². The van der Waals surface area contributed by atoms with Crippen molar-refractivity contribution in [3.8, 4) is 0 Å². The van der Waals surface area contributed by atoms with Gasteiger partial charge in [-0.2, -0.15) is 0 Å². The smallest absolute Gasteiger partial charge is 0.225 e. The lowest BCUT2D eigenvalue weighted by atomic mass is 10.1. The highest BCUT2D eigenvalue weighted by Gasteiger charge is 2.14. The number of benzene rings is 1. The minimum absolute atomic E-state index is 0.221. The largest absolute Gasteiger partial charge is 0.387 e. The summed E-state index contributed by atoms with van der Waals surface area (Å²) in [6, 6.07) is 3.40. The van der Waals surface area contributed by atoms with Gasteiger partial charge in [-0.3, -0.25) is 0 Å². The van der Waals surface area contributed by atoms with E-state index in [1.165, 1.54) is 18.9 Å². The number of rotatable bonds is 6. The van der Waals surface area contributed by atoms with E-state index in [-0.39, 0.29) is 6.54 Å². The fraction of sp³-hybridized carbons (Fsp3) is 0.412. The van der Waals surface area contributed by atoms with Gasteiger partial charge in [0.25, 0.3) is 0 Å². The molecule has 7 heteroatoms. The summed E-state index contributed by atoms with van der Waals surface area (Å²) in [5, 5.41) is 13.1. The molecule has 1 aliphatic heterocycles. The van der Waals surface area contributed by atoms with Crippen molar-refractivity contribution >= 4 is 5.95 Å². The molecule has 0 saturated carbocycles. The summed E-state index contributed by atoms with van der Waals surface area (Å²) >= 11 is 0. The lowest BCUT2D eigenvalue weighted by molar-refractivity contribution is 0.173. The van der Waals surface area contributed by atoms with Crippen LogP contribution in [0, 0.1) is 11.6 Å². The zero-order valence-electron chi connectivity index (χ0n) is 13.3. The first-order valence-electron chi connectivity index (χ1n) is 8.03. The van der Waals surface area contributed by atoms with Gasteiger partial charge in [-0.25, -0.2) is 18.7 Å². The quantitative estimate of drug-likeness (QED) is 0.848. The number of hydrogen-bond acceptors (Lipinski definition) is 5. The third-order valence-corrected chi connectivity index (χ3v) is 4.08. The van der Waals surface area contributed by atoms with Crippen LogP contribution in [-0.2, 0) is 6.54 Å². The molecule has 0 spiro atoms. The van der Waals surface area contributed by atoms with Gasteiger partial charge in [-0.05, 0) is 30.5 Å². The number of aliphatic hydroxyl groups is 1. The molecule has 0 bridgehead atoms. The molecular formula is C17H20F2N4O. The summed E-state index contributed by atoms with van der Waals surface area (Å²) < 4.78 is 26.1. The van der Waals surface area contributed by atoms with Crippen molar-refractivity contribution < 1.29 is 13.9 Å². The van der Waals surface area contributed by atoms with Gasteiger partial charge in [-0.1, -0.05) is 6.07 Å². The van der Waals surface area contributed by atoms with E-state index in [9.17, 15) is 13.9 Å². The van der Waals surface area contributed by atoms with Crippen LogP contribution in [0.1, 0.15) is 30.1 Å². The van der Waals surface area contributed by atoms with E-state index in [1.807, 2.05) is 0 Å². The fourth-order valence-electron chi connectivity index (χ4n) is 2.71. The lowest BCUT2D eigenvalue weighted by Gasteiger charge is -2.15. The minimum atomic E-state index is -0.961. The van der Waals surface area contributed by atoms with E-state index in [1.54, 1.807) is 12.4 Å². The van der Waals surface area contributed by atoms with E-state index in [4.69, 9.17) is 0 Å².